The van der Waals surface area contributed by atoms with Crippen LogP contribution in [0.3, 0.4) is 0 Å². The van der Waals surface area contributed by atoms with E-state index in [1.165, 1.54) is 0 Å². The minimum Gasteiger partial charge on any atom is -0.496 e. The third-order valence-electron chi connectivity index (χ3n) is 4.22. The smallest absolute Gasteiger partial charge is 0.243 e. The van der Waals surface area contributed by atoms with Crippen LogP contribution >= 0.6 is 0 Å². The molecule has 27 heavy (non-hydrogen) atoms. The summed E-state index contributed by atoms with van der Waals surface area (Å²) < 4.78 is 18.4. The molecule has 2 aromatic heterocycles. The number of fused-ring (bicyclic) bond motifs is 1. The molecule has 0 aliphatic carbocycles. The minimum atomic E-state index is 0.352. The molecule has 6 nitrogen and oxygen atoms in total. The van der Waals surface area contributed by atoms with Gasteiger partial charge in [0.25, 0.3) is 0 Å². The lowest BCUT2D eigenvalue weighted by Crippen LogP contribution is -2.03. The number of methoxy groups -OCH3 is 2. The Hall–Kier alpha value is -3.54. The fourth-order valence-corrected chi connectivity index (χ4v) is 2.91. The highest BCUT2D eigenvalue weighted by molar-refractivity contribution is 5.69. The standard InChI is InChI=1S/C21H19N3O3/c1-25-17-11-7-6-10-16(17)14-27-19-13-12-18-22-20(15-8-4-3-5-9-15)21(26-2)24(18)23-19/h3-13H,14H2,1-2H3. The molecule has 4 rings (SSSR count). The summed E-state index contributed by atoms with van der Waals surface area (Å²) in [4.78, 5) is 4.64. The summed E-state index contributed by atoms with van der Waals surface area (Å²) in [5, 5.41) is 4.53. The van der Waals surface area contributed by atoms with Gasteiger partial charge < -0.3 is 14.2 Å². The van der Waals surface area contributed by atoms with E-state index in [1.54, 1.807) is 24.8 Å². The van der Waals surface area contributed by atoms with Crippen molar-refractivity contribution in [2.75, 3.05) is 14.2 Å². The van der Waals surface area contributed by atoms with E-state index >= 15 is 0 Å². The van der Waals surface area contributed by atoms with E-state index in [1.807, 2.05) is 60.7 Å². The van der Waals surface area contributed by atoms with Gasteiger partial charge >= 0.3 is 0 Å². The van der Waals surface area contributed by atoms with Crippen LogP contribution in [0.1, 0.15) is 5.56 Å². The molecule has 4 aromatic rings. The van der Waals surface area contributed by atoms with Crippen LogP contribution < -0.4 is 14.2 Å². The maximum Gasteiger partial charge on any atom is 0.243 e. The van der Waals surface area contributed by atoms with E-state index in [9.17, 15) is 0 Å². The highest BCUT2D eigenvalue weighted by Gasteiger charge is 2.16. The molecule has 0 N–H and O–H groups in total. The van der Waals surface area contributed by atoms with Gasteiger partial charge in [-0.1, -0.05) is 48.5 Å². The van der Waals surface area contributed by atoms with Crippen molar-refractivity contribution >= 4 is 5.65 Å². The van der Waals surface area contributed by atoms with Gasteiger partial charge in [0.2, 0.25) is 11.8 Å². The first-order valence-corrected chi connectivity index (χ1v) is 8.54. The third-order valence-corrected chi connectivity index (χ3v) is 4.22. The van der Waals surface area contributed by atoms with Gasteiger partial charge in [-0.2, -0.15) is 4.52 Å². The van der Waals surface area contributed by atoms with Gasteiger partial charge in [-0.15, -0.1) is 5.10 Å². The van der Waals surface area contributed by atoms with E-state index in [4.69, 9.17) is 14.2 Å². The number of benzene rings is 2. The molecule has 0 radical (unpaired) electrons. The lowest BCUT2D eigenvalue weighted by atomic mass is 10.2. The molecule has 0 spiro atoms. The Kier molecular flexibility index (Phi) is 4.61. The van der Waals surface area contributed by atoms with Gasteiger partial charge in [0.1, 0.15) is 18.1 Å². The van der Waals surface area contributed by atoms with Crippen molar-refractivity contribution in [2.24, 2.45) is 0 Å². The normalized spacial score (nSPS) is 10.7. The monoisotopic (exact) mass is 361 g/mol. The molecule has 0 unspecified atom stereocenters. The maximum atomic E-state index is 5.86. The summed E-state index contributed by atoms with van der Waals surface area (Å²) in [7, 11) is 3.25. The lowest BCUT2D eigenvalue weighted by molar-refractivity contribution is 0.279. The Balaban J connectivity index is 1.66. The SMILES string of the molecule is COc1ccccc1COc1ccc2nc(-c3ccccc3)c(OC)n2n1. The Morgan fingerprint density at radius 1 is 0.852 bits per heavy atom. The zero-order valence-electron chi connectivity index (χ0n) is 15.1. The molecule has 2 heterocycles. The molecule has 0 saturated heterocycles. The van der Waals surface area contributed by atoms with Crippen LogP contribution in [0.25, 0.3) is 16.9 Å². The molecular formula is C21H19N3O3. The summed E-state index contributed by atoms with van der Waals surface area (Å²) in [6.45, 7) is 0.352. The molecule has 0 fully saturated rings. The number of imidazole rings is 1. The van der Waals surface area contributed by atoms with E-state index in [2.05, 4.69) is 10.1 Å². The van der Waals surface area contributed by atoms with Crippen molar-refractivity contribution < 1.29 is 14.2 Å². The largest absolute Gasteiger partial charge is 0.496 e. The van der Waals surface area contributed by atoms with E-state index in [0.29, 0.717) is 24.0 Å². The number of aromatic nitrogens is 3. The quantitative estimate of drug-likeness (QED) is 0.520. The van der Waals surface area contributed by atoms with Gasteiger partial charge in [-0.3, -0.25) is 0 Å². The summed E-state index contributed by atoms with van der Waals surface area (Å²) in [6, 6.07) is 21.3. The summed E-state index contributed by atoms with van der Waals surface area (Å²) in [5.74, 6) is 1.83. The van der Waals surface area contributed by atoms with Gasteiger partial charge in [0, 0.05) is 17.2 Å². The summed E-state index contributed by atoms with van der Waals surface area (Å²) in [6.07, 6.45) is 0. The molecule has 0 atom stereocenters. The molecule has 0 bridgehead atoms. The molecule has 6 heteroatoms. The van der Waals surface area contributed by atoms with Crippen LogP contribution in [0.5, 0.6) is 17.5 Å². The second-order valence-electron chi connectivity index (χ2n) is 5.88. The molecular weight excluding hydrogens is 342 g/mol. The Labute approximate surface area is 157 Å². The van der Waals surface area contributed by atoms with Crippen LogP contribution in [-0.4, -0.2) is 28.8 Å². The van der Waals surface area contributed by atoms with Gasteiger partial charge in [-0.05, 0) is 12.1 Å². The van der Waals surface area contributed by atoms with Crippen molar-refractivity contribution in [2.45, 2.75) is 6.61 Å². The fourth-order valence-electron chi connectivity index (χ4n) is 2.91. The number of rotatable bonds is 6. The van der Waals surface area contributed by atoms with Crippen LogP contribution in [0.2, 0.25) is 0 Å². The summed E-state index contributed by atoms with van der Waals surface area (Å²) >= 11 is 0. The maximum absolute atomic E-state index is 5.86. The molecule has 136 valence electrons. The zero-order chi connectivity index (χ0) is 18.6. The van der Waals surface area contributed by atoms with Crippen molar-refractivity contribution in [3.8, 4) is 28.8 Å². The number of para-hydroxylation sites is 1. The lowest BCUT2D eigenvalue weighted by Gasteiger charge is -2.09. The first-order chi connectivity index (χ1) is 13.3. The molecule has 0 saturated carbocycles. The second kappa shape index (κ2) is 7.37. The highest BCUT2D eigenvalue weighted by Crippen LogP contribution is 2.30. The van der Waals surface area contributed by atoms with Crippen molar-refractivity contribution in [3.05, 3.63) is 72.3 Å². The number of ether oxygens (including phenoxy) is 3. The number of hydrogen-bond donors (Lipinski definition) is 0. The fraction of sp³-hybridized carbons (Fsp3) is 0.143. The number of hydrogen-bond acceptors (Lipinski definition) is 5. The molecule has 0 amide bonds. The number of nitrogens with zero attached hydrogens (tertiary/aromatic N) is 3. The van der Waals surface area contributed by atoms with E-state index < -0.39 is 0 Å². The van der Waals surface area contributed by atoms with Gasteiger partial charge in [-0.25, -0.2) is 4.98 Å². The van der Waals surface area contributed by atoms with E-state index in [-0.39, 0.29) is 0 Å². The van der Waals surface area contributed by atoms with Gasteiger partial charge in [0.15, 0.2) is 5.65 Å². The van der Waals surface area contributed by atoms with Crippen molar-refractivity contribution in [3.63, 3.8) is 0 Å². The first-order valence-electron chi connectivity index (χ1n) is 8.54. The first kappa shape index (κ1) is 16.9. The predicted molar refractivity (Wildman–Crippen MR) is 102 cm³/mol. The van der Waals surface area contributed by atoms with Crippen LogP contribution in [0, 0.1) is 0 Å². The Bertz CT molecular complexity index is 1060. The topological polar surface area (TPSA) is 57.9 Å². The zero-order valence-corrected chi connectivity index (χ0v) is 15.1. The second-order valence-corrected chi connectivity index (χ2v) is 5.88. The van der Waals surface area contributed by atoms with Crippen molar-refractivity contribution in [1.82, 2.24) is 14.6 Å². The Morgan fingerprint density at radius 3 is 2.41 bits per heavy atom. The van der Waals surface area contributed by atoms with Crippen molar-refractivity contribution in [1.29, 1.82) is 0 Å². The molecule has 0 aliphatic rings. The Morgan fingerprint density at radius 2 is 1.63 bits per heavy atom. The van der Waals surface area contributed by atoms with Crippen LogP contribution in [-0.2, 0) is 6.61 Å². The highest BCUT2D eigenvalue weighted by atomic mass is 16.5. The average molecular weight is 361 g/mol. The predicted octanol–water partition coefficient (Wildman–Crippen LogP) is 3.99. The minimum absolute atomic E-state index is 0.352. The summed E-state index contributed by atoms with van der Waals surface area (Å²) in [5.41, 5.74) is 3.35. The average Bonchev–Trinajstić information content (AvgIpc) is 3.11. The molecule has 0 aliphatic heterocycles. The molecule has 2 aromatic carbocycles. The van der Waals surface area contributed by atoms with E-state index in [0.717, 1.165) is 22.6 Å². The van der Waals surface area contributed by atoms with Crippen LogP contribution in [0.15, 0.2) is 66.7 Å². The third kappa shape index (κ3) is 3.29. The van der Waals surface area contributed by atoms with Crippen LogP contribution in [0.4, 0.5) is 0 Å². The van der Waals surface area contributed by atoms with Gasteiger partial charge in [0.05, 0.1) is 14.2 Å².